The SMILES string of the molecule is C#CCOc1cccc([C@@H]2CC(=O)Nc3c2cnn3C2CCCC2)c1. The number of aromatic nitrogens is 2. The van der Waals surface area contributed by atoms with Crippen molar-refractivity contribution in [2.75, 3.05) is 11.9 Å². The molecular formula is C20H21N3O2. The highest BCUT2D eigenvalue weighted by atomic mass is 16.5. The van der Waals surface area contributed by atoms with Crippen molar-refractivity contribution in [3.05, 3.63) is 41.6 Å². The summed E-state index contributed by atoms with van der Waals surface area (Å²) in [5.41, 5.74) is 2.14. The molecule has 4 rings (SSSR count). The van der Waals surface area contributed by atoms with Gasteiger partial charge in [-0.15, -0.1) is 6.42 Å². The first-order valence-corrected chi connectivity index (χ1v) is 8.79. The quantitative estimate of drug-likeness (QED) is 0.870. The molecule has 1 fully saturated rings. The van der Waals surface area contributed by atoms with Gasteiger partial charge >= 0.3 is 0 Å². The molecule has 2 heterocycles. The van der Waals surface area contributed by atoms with Gasteiger partial charge in [0.25, 0.3) is 0 Å². The van der Waals surface area contributed by atoms with Crippen LogP contribution in [0.5, 0.6) is 5.75 Å². The lowest BCUT2D eigenvalue weighted by Gasteiger charge is -2.25. The minimum absolute atomic E-state index is 0.00621. The number of hydrogen-bond donors (Lipinski definition) is 1. The second kappa shape index (κ2) is 6.64. The summed E-state index contributed by atoms with van der Waals surface area (Å²) in [5, 5.41) is 7.64. The maximum absolute atomic E-state index is 12.3. The zero-order valence-corrected chi connectivity index (χ0v) is 14.1. The number of carbonyl (C=O) groups excluding carboxylic acids is 1. The maximum atomic E-state index is 12.3. The summed E-state index contributed by atoms with van der Waals surface area (Å²) >= 11 is 0. The van der Waals surface area contributed by atoms with Crippen LogP contribution in [0, 0.1) is 12.3 Å². The molecule has 1 atom stereocenters. The Balaban J connectivity index is 1.68. The Morgan fingerprint density at radius 2 is 2.20 bits per heavy atom. The zero-order valence-electron chi connectivity index (χ0n) is 14.1. The molecule has 1 saturated carbocycles. The Hall–Kier alpha value is -2.74. The molecule has 1 amide bonds. The van der Waals surface area contributed by atoms with Gasteiger partial charge in [0.15, 0.2) is 0 Å². The summed E-state index contributed by atoms with van der Waals surface area (Å²) in [4.78, 5) is 12.3. The van der Waals surface area contributed by atoms with E-state index in [1.165, 1.54) is 12.8 Å². The largest absolute Gasteiger partial charge is 0.481 e. The van der Waals surface area contributed by atoms with Gasteiger partial charge in [-0.25, -0.2) is 4.68 Å². The Kier molecular flexibility index (Phi) is 4.19. The van der Waals surface area contributed by atoms with E-state index in [0.717, 1.165) is 35.5 Å². The Bertz CT molecular complexity index is 828. The van der Waals surface area contributed by atoms with Crippen LogP contribution in [0.15, 0.2) is 30.5 Å². The summed E-state index contributed by atoms with van der Waals surface area (Å²) in [6.45, 7) is 0.236. The van der Waals surface area contributed by atoms with Crippen LogP contribution in [0.3, 0.4) is 0 Å². The van der Waals surface area contributed by atoms with E-state index in [0.29, 0.717) is 12.5 Å². The molecule has 0 saturated heterocycles. The molecule has 0 bridgehead atoms. The van der Waals surface area contributed by atoms with E-state index in [4.69, 9.17) is 11.2 Å². The molecule has 1 aromatic carbocycles. The van der Waals surface area contributed by atoms with E-state index in [1.54, 1.807) is 0 Å². The van der Waals surface area contributed by atoms with Crippen LogP contribution in [0.25, 0.3) is 0 Å². The molecule has 0 unspecified atom stereocenters. The molecule has 5 nitrogen and oxygen atoms in total. The number of fused-ring (bicyclic) bond motifs is 1. The number of hydrogen-bond acceptors (Lipinski definition) is 3. The van der Waals surface area contributed by atoms with E-state index in [-0.39, 0.29) is 18.4 Å². The van der Waals surface area contributed by atoms with Crippen LogP contribution < -0.4 is 10.1 Å². The second-order valence-electron chi connectivity index (χ2n) is 6.70. The van der Waals surface area contributed by atoms with E-state index in [1.807, 2.05) is 35.1 Å². The first-order valence-electron chi connectivity index (χ1n) is 8.79. The molecule has 2 aromatic rings. The van der Waals surface area contributed by atoms with Gasteiger partial charge in [-0.3, -0.25) is 4.79 Å². The van der Waals surface area contributed by atoms with Crippen LogP contribution in [0.2, 0.25) is 0 Å². The molecular weight excluding hydrogens is 314 g/mol. The minimum Gasteiger partial charge on any atom is -0.481 e. The van der Waals surface area contributed by atoms with Crippen molar-refractivity contribution in [2.45, 2.75) is 44.1 Å². The number of benzene rings is 1. The van der Waals surface area contributed by atoms with Crippen molar-refractivity contribution in [2.24, 2.45) is 0 Å². The topological polar surface area (TPSA) is 56.1 Å². The fourth-order valence-corrected chi connectivity index (χ4v) is 3.91. The summed E-state index contributed by atoms with van der Waals surface area (Å²) < 4.78 is 7.55. The molecule has 1 aliphatic heterocycles. The van der Waals surface area contributed by atoms with Crippen molar-refractivity contribution in [1.29, 1.82) is 0 Å². The second-order valence-corrected chi connectivity index (χ2v) is 6.70. The molecule has 1 aliphatic carbocycles. The van der Waals surface area contributed by atoms with Crippen molar-refractivity contribution < 1.29 is 9.53 Å². The Labute approximate surface area is 147 Å². The minimum atomic E-state index is -0.00621. The van der Waals surface area contributed by atoms with E-state index in [2.05, 4.69) is 16.3 Å². The fourth-order valence-electron chi connectivity index (χ4n) is 3.91. The van der Waals surface area contributed by atoms with Gasteiger partial charge in [0.2, 0.25) is 5.91 Å². The standard InChI is InChI=1S/C20H21N3O2/c1-2-10-25-16-9-5-6-14(11-16)17-12-19(24)22-20-18(17)13-21-23(20)15-7-3-4-8-15/h1,5-6,9,11,13,15,17H,3-4,7-8,10,12H2,(H,22,24)/t17-/m0/s1. The summed E-state index contributed by atoms with van der Waals surface area (Å²) in [6.07, 6.45) is 12.3. The molecule has 25 heavy (non-hydrogen) atoms. The van der Waals surface area contributed by atoms with Crippen molar-refractivity contribution in [1.82, 2.24) is 9.78 Å². The molecule has 0 spiro atoms. The van der Waals surface area contributed by atoms with Gasteiger partial charge in [-0.05, 0) is 30.5 Å². The van der Waals surface area contributed by atoms with Crippen molar-refractivity contribution in [3.8, 4) is 18.1 Å². The molecule has 1 aromatic heterocycles. The van der Waals surface area contributed by atoms with E-state index in [9.17, 15) is 4.79 Å². The lowest BCUT2D eigenvalue weighted by Crippen LogP contribution is -2.25. The highest BCUT2D eigenvalue weighted by Crippen LogP contribution is 2.41. The number of nitrogens with one attached hydrogen (secondary N) is 1. The van der Waals surface area contributed by atoms with Crippen molar-refractivity contribution >= 4 is 11.7 Å². The third-order valence-corrected chi connectivity index (χ3v) is 5.10. The highest BCUT2D eigenvalue weighted by molar-refractivity contribution is 5.94. The van der Waals surface area contributed by atoms with Gasteiger partial charge in [0.1, 0.15) is 18.2 Å². The Morgan fingerprint density at radius 1 is 1.36 bits per heavy atom. The third kappa shape index (κ3) is 3.00. The normalized spacial score (nSPS) is 20.0. The lowest BCUT2D eigenvalue weighted by molar-refractivity contribution is -0.116. The zero-order chi connectivity index (χ0) is 17.2. The number of anilines is 1. The number of nitrogens with zero attached hydrogens (tertiary/aromatic N) is 2. The summed E-state index contributed by atoms with van der Waals surface area (Å²) in [7, 11) is 0. The monoisotopic (exact) mass is 335 g/mol. The van der Waals surface area contributed by atoms with Gasteiger partial charge in [0.05, 0.1) is 12.2 Å². The summed E-state index contributed by atoms with van der Waals surface area (Å²) in [6, 6.07) is 8.22. The third-order valence-electron chi connectivity index (χ3n) is 5.10. The van der Waals surface area contributed by atoms with Crippen LogP contribution in [-0.2, 0) is 4.79 Å². The van der Waals surface area contributed by atoms with E-state index < -0.39 is 0 Å². The first kappa shape index (κ1) is 15.8. The van der Waals surface area contributed by atoms with Crippen LogP contribution in [0.4, 0.5) is 5.82 Å². The van der Waals surface area contributed by atoms with Crippen LogP contribution in [0.1, 0.15) is 55.2 Å². The molecule has 2 aliphatic rings. The number of rotatable bonds is 4. The predicted octanol–water partition coefficient (Wildman–Crippen LogP) is 3.48. The van der Waals surface area contributed by atoms with E-state index >= 15 is 0 Å². The number of carbonyl (C=O) groups is 1. The Morgan fingerprint density at radius 3 is 3.00 bits per heavy atom. The van der Waals surface area contributed by atoms with Gasteiger partial charge in [-0.1, -0.05) is 30.9 Å². The first-order chi connectivity index (χ1) is 12.3. The van der Waals surface area contributed by atoms with Crippen LogP contribution in [-0.4, -0.2) is 22.3 Å². The number of ether oxygens (including phenoxy) is 1. The average Bonchev–Trinajstić information content (AvgIpc) is 3.28. The van der Waals surface area contributed by atoms with Gasteiger partial charge in [0, 0.05) is 17.9 Å². The molecule has 0 radical (unpaired) electrons. The van der Waals surface area contributed by atoms with Gasteiger partial charge < -0.3 is 10.1 Å². The summed E-state index contributed by atoms with van der Waals surface area (Å²) in [5.74, 6) is 4.09. The average molecular weight is 335 g/mol. The molecule has 1 N–H and O–H groups in total. The molecule has 5 heteroatoms. The number of amides is 1. The smallest absolute Gasteiger partial charge is 0.226 e. The predicted molar refractivity (Wildman–Crippen MR) is 95.6 cm³/mol. The van der Waals surface area contributed by atoms with Crippen molar-refractivity contribution in [3.63, 3.8) is 0 Å². The highest BCUT2D eigenvalue weighted by Gasteiger charge is 2.32. The van der Waals surface area contributed by atoms with Gasteiger partial charge in [-0.2, -0.15) is 5.10 Å². The van der Waals surface area contributed by atoms with Crippen LogP contribution >= 0.6 is 0 Å². The lowest BCUT2D eigenvalue weighted by atomic mass is 9.87. The maximum Gasteiger partial charge on any atom is 0.226 e. The molecule has 128 valence electrons. The number of terminal acetylenes is 1. The fraction of sp³-hybridized carbons (Fsp3) is 0.400.